The van der Waals surface area contributed by atoms with Crippen LogP contribution >= 0.6 is 22.7 Å². The molecule has 0 fully saturated rings. The zero-order valence-electron chi connectivity index (χ0n) is 8.63. The van der Waals surface area contributed by atoms with Crippen molar-refractivity contribution >= 4 is 38.7 Å². The summed E-state index contributed by atoms with van der Waals surface area (Å²) in [5, 5.41) is 18.9. The Morgan fingerprint density at radius 1 is 1.31 bits per heavy atom. The molecule has 0 spiro atoms. The van der Waals surface area contributed by atoms with Crippen LogP contribution in [0.1, 0.15) is 10.7 Å². The van der Waals surface area contributed by atoms with E-state index in [0.29, 0.717) is 11.1 Å². The number of nitrogens with zero attached hydrogens (tertiary/aromatic N) is 5. The fraction of sp³-hybridized carbons (Fsp3) is 0.250. The van der Waals surface area contributed by atoms with Crippen molar-refractivity contribution in [2.75, 3.05) is 5.32 Å². The molecule has 6 nitrogen and oxygen atoms in total. The van der Waals surface area contributed by atoms with Gasteiger partial charge in [0.15, 0.2) is 0 Å². The van der Waals surface area contributed by atoms with Crippen LogP contribution in [0.5, 0.6) is 0 Å². The molecule has 0 unspecified atom stereocenters. The largest absolute Gasteiger partial charge is 0.297 e. The summed E-state index contributed by atoms with van der Waals surface area (Å²) in [4.78, 5) is 5.21. The molecule has 8 heteroatoms. The van der Waals surface area contributed by atoms with Crippen molar-refractivity contribution in [2.45, 2.75) is 13.8 Å². The van der Waals surface area contributed by atoms with Gasteiger partial charge in [0.25, 0.3) is 0 Å². The molecule has 3 aromatic rings. The van der Waals surface area contributed by atoms with E-state index in [1.165, 1.54) is 11.3 Å². The molecular weight excluding hydrogens is 244 g/mol. The van der Waals surface area contributed by atoms with Crippen LogP contribution in [0.3, 0.4) is 0 Å². The van der Waals surface area contributed by atoms with Crippen molar-refractivity contribution < 1.29 is 0 Å². The number of anilines is 2. The smallest absolute Gasteiger partial charge is 0.250 e. The molecule has 0 aliphatic rings. The molecule has 3 heterocycles. The van der Waals surface area contributed by atoms with E-state index in [1.807, 2.05) is 19.2 Å². The van der Waals surface area contributed by atoms with E-state index < -0.39 is 0 Å². The predicted molar refractivity (Wildman–Crippen MR) is 63.5 cm³/mol. The Labute approximate surface area is 99.0 Å². The second kappa shape index (κ2) is 3.49. The number of nitrogens with one attached hydrogen (secondary N) is 1. The third-order valence-electron chi connectivity index (χ3n) is 1.99. The van der Waals surface area contributed by atoms with Gasteiger partial charge in [0.2, 0.25) is 16.0 Å². The van der Waals surface area contributed by atoms with Crippen molar-refractivity contribution in [3.05, 3.63) is 16.1 Å². The topological polar surface area (TPSA) is 68.0 Å². The molecule has 0 radical (unpaired) electrons. The Morgan fingerprint density at radius 3 is 2.88 bits per heavy atom. The van der Waals surface area contributed by atoms with Crippen molar-refractivity contribution in [3.63, 3.8) is 0 Å². The van der Waals surface area contributed by atoms with Crippen LogP contribution in [-0.4, -0.2) is 24.8 Å². The first kappa shape index (κ1) is 9.67. The minimum Gasteiger partial charge on any atom is -0.297 e. The first-order valence-electron chi connectivity index (χ1n) is 4.60. The molecule has 0 saturated heterocycles. The monoisotopic (exact) mass is 252 g/mol. The highest BCUT2D eigenvalue weighted by Crippen LogP contribution is 2.20. The van der Waals surface area contributed by atoms with Crippen LogP contribution in [0.15, 0.2) is 5.38 Å². The average molecular weight is 252 g/mol. The predicted octanol–water partition coefficient (Wildman–Crippen LogP) is 2.00. The zero-order valence-corrected chi connectivity index (χ0v) is 10.3. The molecule has 0 saturated carbocycles. The summed E-state index contributed by atoms with van der Waals surface area (Å²) >= 11 is 3.05. The van der Waals surface area contributed by atoms with E-state index in [0.717, 1.165) is 15.7 Å². The minimum absolute atomic E-state index is 0.561. The van der Waals surface area contributed by atoms with Crippen LogP contribution < -0.4 is 5.32 Å². The highest BCUT2D eigenvalue weighted by atomic mass is 32.1. The number of thiazole rings is 1. The number of aryl methyl sites for hydroxylation is 2. The van der Waals surface area contributed by atoms with Gasteiger partial charge in [0, 0.05) is 5.38 Å². The lowest BCUT2D eigenvalue weighted by Crippen LogP contribution is -1.93. The Kier molecular flexibility index (Phi) is 2.11. The van der Waals surface area contributed by atoms with Crippen molar-refractivity contribution in [1.29, 1.82) is 0 Å². The summed E-state index contributed by atoms with van der Waals surface area (Å²) in [6.45, 7) is 3.91. The van der Waals surface area contributed by atoms with E-state index in [4.69, 9.17) is 0 Å². The molecule has 0 aliphatic carbocycles. The molecular formula is C8H8N6S2. The summed E-state index contributed by atoms with van der Waals surface area (Å²) in [6, 6.07) is 0. The normalized spacial score (nSPS) is 11.1. The fourth-order valence-electron chi connectivity index (χ4n) is 1.29. The molecule has 0 aromatic carbocycles. The number of rotatable bonds is 2. The van der Waals surface area contributed by atoms with Gasteiger partial charge in [-0.2, -0.15) is 4.98 Å². The molecule has 0 atom stereocenters. The van der Waals surface area contributed by atoms with Gasteiger partial charge < -0.3 is 0 Å². The number of hydrogen-bond acceptors (Lipinski definition) is 7. The maximum Gasteiger partial charge on any atom is 0.250 e. The average Bonchev–Trinajstić information content (AvgIpc) is 2.88. The molecule has 16 heavy (non-hydrogen) atoms. The Morgan fingerprint density at radius 2 is 2.19 bits per heavy atom. The molecule has 3 rings (SSSR count). The molecule has 82 valence electrons. The standard InChI is InChI=1S/C8H8N6S2/c1-4-3-15-8-10-6(13-14(4)8)9-7-12-11-5(2)16-7/h3H,1-2H3,(H,9,12,13). The SMILES string of the molecule is Cc1nnc(Nc2nc3scc(C)n3n2)s1. The Hall–Kier alpha value is -1.54. The van der Waals surface area contributed by atoms with Crippen LogP contribution in [-0.2, 0) is 0 Å². The minimum atomic E-state index is 0.561. The first-order valence-corrected chi connectivity index (χ1v) is 6.30. The van der Waals surface area contributed by atoms with Crippen molar-refractivity contribution in [2.24, 2.45) is 0 Å². The van der Waals surface area contributed by atoms with Gasteiger partial charge in [-0.1, -0.05) is 11.3 Å². The van der Waals surface area contributed by atoms with E-state index >= 15 is 0 Å². The van der Waals surface area contributed by atoms with Crippen molar-refractivity contribution in [3.8, 4) is 0 Å². The number of fused-ring (bicyclic) bond motifs is 1. The third-order valence-corrected chi connectivity index (χ3v) is 3.68. The van der Waals surface area contributed by atoms with Gasteiger partial charge in [-0.3, -0.25) is 5.32 Å². The van der Waals surface area contributed by atoms with E-state index in [2.05, 4.69) is 25.6 Å². The zero-order chi connectivity index (χ0) is 11.1. The second-order valence-electron chi connectivity index (χ2n) is 3.26. The van der Waals surface area contributed by atoms with Gasteiger partial charge in [-0.15, -0.1) is 26.6 Å². The summed E-state index contributed by atoms with van der Waals surface area (Å²) in [6.07, 6.45) is 0. The highest BCUT2D eigenvalue weighted by Gasteiger charge is 2.08. The van der Waals surface area contributed by atoms with E-state index in [-0.39, 0.29) is 0 Å². The summed E-state index contributed by atoms with van der Waals surface area (Å²) in [5.41, 5.74) is 1.08. The van der Waals surface area contributed by atoms with Crippen LogP contribution in [0, 0.1) is 13.8 Å². The molecule has 0 amide bonds. The molecule has 3 aromatic heterocycles. The molecule has 0 bridgehead atoms. The molecule has 0 aliphatic heterocycles. The lowest BCUT2D eigenvalue weighted by atomic mass is 10.6. The summed E-state index contributed by atoms with van der Waals surface area (Å²) in [7, 11) is 0. The maximum absolute atomic E-state index is 4.34. The van der Waals surface area contributed by atoms with Gasteiger partial charge in [0.05, 0.1) is 5.69 Å². The Bertz CT molecular complexity index is 636. The quantitative estimate of drug-likeness (QED) is 0.755. The van der Waals surface area contributed by atoms with Crippen molar-refractivity contribution in [1.82, 2.24) is 24.8 Å². The fourth-order valence-corrected chi connectivity index (χ4v) is 2.67. The van der Waals surface area contributed by atoms with Gasteiger partial charge >= 0.3 is 0 Å². The third kappa shape index (κ3) is 1.55. The van der Waals surface area contributed by atoms with Gasteiger partial charge in [0.1, 0.15) is 5.01 Å². The van der Waals surface area contributed by atoms with E-state index in [9.17, 15) is 0 Å². The first-order chi connectivity index (χ1) is 7.72. The lowest BCUT2D eigenvalue weighted by Gasteiger charge is -1.92. The lowest BCUT2D eigenvalue weighted by molar-refractivity contribution is 0.934. The van der Waals surface area contributed by atoms with Gasteiger partial charge in [-0.25, -0.2) is 4.52 Å². The highest BCUT2D eigenvalue weighted by molar-refractivity contribution is 7.15. The summed E-state index contributed by atoms with van der Waals surface area (Å²) < 4.78 is 1.81. The molecule has 1 N–H and O–H groups in total. The Balaban J connectivity index is 1.94. The maximum atomic E-state index is 4.34. The van der Waals surface area contributed by atoms with Crippen LogP contribution in [0.2, 0.25) is 0 Å². The van der Waals surface area contributed by atoms with Crippen LogP contribution in [0.25, 0.3) is 4.96 Å². The number of hydrogen-bond donors (Lipinski definition) is 1. The van der Waals surface area contributed by atoms with E-state index in [1.54, 1.807) is 15.9 Å². The summed E-state index contributed by atoms with van der Waals surface area (Å²) in [5.74, 6) is 0.561. The van der Waals surface area contributed by atoms with Crippen LogP contribution in [0.4, 0.5) is 11.1 Å². The van der Waals surface area contributed by atoms with Gasteiger partial charge in [-0.05, 0) is 13.8 Å². The number of aromatic nitrogens is 5. The second-order valence-corrected chi connectivity index (χ2v) is 5.28.